The highest BCUT2D eigenvalue weighted by Crippen LogP contribution is 2.26. The average molecular weight is 331 g/mol. The molecule has 1 saturated heterocycles. The van der Waals surface area contributed by atoms with Crippen LogP contribution in [0.5, 0.6) is 0 Å². The quantitative estimate of drug-likeness (QED) is 0.833. The van der Waals surface area contributed by atoms with Gasteiger partial charge in [-0.05, 0) is 25.8 Å². The Morgan fingerprint density at radius 1 is 1.33 bits per heavy atom. The first kappa shape index (κ1) is 18.5. The van der Waals surface area contributed by atoms with Crippen LogP contribution in [-0.4, -0.2) is 53.8 Å². The van der Waals surface area contributed by atoms with E-state index >= 15 is 0 Å². The van der Waals surface area contributed by atoms with Gasteiger partial charge in [0.2, 0.25) is 11.8 Å². The lowest BCUT2D eigenvalue weighted by Crippen LogP contribution is -2.43. The summed E-state index contributed by atoms with van der Waals surface area (Å²) < 4.78 is 0. The highest BCUT2D eigenvalue weighted by atomic mass is 16.2. The molecule has 2 atom stereocenters. The lowest BCUT2D eigenvalue weighted by molar-refractivity contribution is -0.133. The Morgan fingerprint density at radius 3 is 2.67 bits per heavy atom. The minimum Gasteiger partial charge on any atom is -0.356 e. The molecule has 0 unspecified atom stereocenters. The summed E-state index contributed by atoms with van der Waals surface area (Å²) in [5, 5.41) is 2.70. The number of benzene rings is 1. The zero-order chi connectivity index (χ0) is 17.5. The summed E-state index contributed by atoms with van der Waals surface area (Å²) in [5.74, 6) is 0.0417. The van der Waals surface area contributed by atoms with Crippen molar-refractivity contribution in [2.24, 2.45) is 0 Å². The van der Waals surface area contributed by atoms with Crippen molar-refractivity contribution in [3.05, 3.63) is 35.9 Å². The summed E-state index contributed by atoms with van der Waals surface area (Å²) in [7, 11) is 0. The Labute approximate surface area is 145 Å². The Kier molecular flexibility index (Phi) is 6.79. The first-order valence-electron chi connectivity index (χ1n) is 8.85. The van der Waals surface area contributed by atoms with Crippen LogP contribution in [0.3, 0.4) is 0 Å². The molecule has 0 radical (unpaired) electrons. The second kappa shape index (κ2) is 8.83. The Morgan fingerprint density at radius 2 is 2.04 bits per heavy atom. The topological polar surface area (TPSA) is 52.7 Å². The molecule has 1 heterocycles. The maximum Gasteiger partial charge on any atom is 0.224 e. The van der Waals surface area contributed by atoms with E-state index in [1.807, 2.05) is 17.9 Å². The van der Waals surface area contributed by atoms with Gasteiger partial charge >= 0.3 is 0 Å². The fourth-order valence-electron chi connectivity index (χ4n) is 3.44. The van der Waals surface area contributed by atoms with Crippen LogP contribution in [0.1, 0.15) is 45.2 Å². The molecule has 1 aliphatic heterocycles. The summed E-state index contributed by atoms with van der Waals surface area (Å²) >= 11 is 0. The van der Waals surface area contributed by atoms with Crippen LogP contribution in [0, 0.1) is 0 Å². The second-order valence-electron chi connectivity index (χ2n) is 6.44. The molecule has 2 rings (SSSR count). The van der Waals surface area contributed by atoms with Crippen LogP contribution in [0.4, 0.5) is 0 Å². The number of carbonyl (C=O) groups is 2. The molecule has 2 amide bonds. The number of nitrogens with zero attached hydrogens (tertiary/aromatic N) is 2. The van der Waals surface area contributed by atoms with Gasteiger partial charge in [-0.1, -0.05) is 30.3 Å². The number of likely N-dealkylation sites (tertiary alicyclic amines) is 1. The van der Waals surface area contributed by atoms with Gasteiger partial charge in [0.15, 0.2) is 0 Å². The lowest BCUT2D eigenvalue weighted by atomic mass is 10.1. The van der Waals surface area contributed by atoms with Crippen LogP contribution < -0.4 is 5.32 Å². The van der Waals surface area contributed by atoms with Crippen molar-refractivity contribution in [1.29, 1.82) is 0 Å². The smallest absolute Gasteiger partial charge is 0.224 e. The normalized spacial score (nSPS) is 19.0. The molecule has 1 fully saturated rings. The van der Waals surface area contributed by atoms with Crippen molar-refractivity contribution in [3.63, 3.8) is 0 Å². The first-order valence-corrected chi connectivity index (χ1v) is 8.85. The Balaban J connectivity index is 1.90. The van der Waals surface area contributed by atoms with Crippen molar-refractivity contribution in [1.82, 2.24) is 15.1 Å². The number of amides is 2. The van der Waals surface area contributed by atoms with Gasteiger partial charge in [-0.15, -0.1) is 0 Å². The standard InChI is InChI=1S/C19H29N3O2/c1-4-22(19(24)10-12-20-16(3)23)18-11-13-21(14-18)15(2)17-8-6-5-7-9-17/h5-9,15,18H,4,10-14H2,1-3H3,(H,20,23)/t15-,18-/m0/s1. The van der Waals surface area contributed by atoms with Crippen molar-refractivity contribution in [3.8, 4) is 0 Å². The van der Waals surface area contributed by atoms with Crippen LogP contribution in [0.15, 0.2) is 30.3 Å². The summed E-state index contributed by atoms with van der Waals surface area (Å²) in [6.07, 6.45) is 1.38. The van der Waals surface area contributed by atoms with Crippen molar-refractivity contribution >= 4 is 11.8 Å². The molecule has 0 aromatic heterocycles. The van der Waals surface area contributed by atoms with Crippen LogP contribution in [0.2, 0.25) is 0 Å². The molecular weight excluding hydrogens is 302 g/mol. The Hall–Kier alpha value is -1.88. The summed E-state index contributed by atoms with van der Waals surface area (Å²) in [6, 6.07) is 11.1. The molecule has 1 aliphatic rings. The van der Waals surface area contributed by atoms with E-state index in [9.17, 15) is 9.59 Å². The minimum absolute atomic E-state index is 0.0884. The largest absolute Gasteiger partial charge is 0.356 e. The van der Waals surface area contributed by atoms with Crippen molar-refractivity contribution in [2.45, 2.75) is 45.7 Å². The number of rotatable bonds is 7. The van der Waals surface area contributed by atoms with Gasteiger partial charge in [0.05, 0.1) is 0 Å². The zero-order valence-corrected chi connectivity index (χ0v) is 15.0. The minimum atomic E-state index is -0.0884. The number of nitrogens with one attached hydrogen (secondary N) is 1. The summed E-state index contributed by atoms with van der Waals surface area (Å²) in [5.41, 5.74) is 1.32. The van der Waals surface area contributed by atoms with E-state index < -0.39 is 0 Å². The third kappa shape index (κ3) is 4.81. The van der Waals surface area contributed by atoms with Gasteiger partial charge < -0.3 is 10.2 Å². The van der Waals surface area contributed by atoms with E-state index in [1.54, 1.807) is 0 Å². The average Bonchev–Trinajstić information content (AvgIpc) is 3.05. The van der Waals surface area contributed by atoms with E-state index in [4.69, 9.17) is 0 Å². The number of carbonyl (C=O) groups excluding carboxylic acids is 2. The van der Waals surface area contributed by atoms with E-state index in [1.165, 1.54) is 12.5 Å². The summed E-state index contributed by atoms with van der Waals surface area (Å²) in [4.78, 5) is 27.8. The highest BCUT2D eigenvalue weighted by molar-refractivity contribution is 5.78. The molecule has 0 bridgehead atoms. The zero-order valence-electron chi connectivity index (χ0n) is 15.0. The molecule has 0 saturated carbocycles. The van der Waals surface area contributed by atoms with E-state index in [-0.39, 0.29) is 17.9 Å². The fourth-order valence-corrected chi connectivity index (χ4v) is 3.44. The predicted octanol–water partition coefficient (Wildman–Crippen LogP) is 2.20. The fraction of sp³-hybridized carbons (Fsp3) is 0.579. The van der Waals surface area contributed by atoms with E-state index in [0.717, 1.165) is 26.1 Å². The number of hydrogen-bond donors (Lipinski definition) is 1. The molecule has 1 aromatic carbocycles. The van der Waals surface area contributed by atoms with Crippen LogP contribution >= 0.6 is 0 Å². The first-order chi connectivity index (χ1) is 11.5. The molecule has 1 aromatic rings. The number of likely N-dealkylation sites (N-methyl/N-ethyl adjacent to an activating group) is 1. The Bertz CT molecular complexity index is 547. The summed E-state index contributed by atoms with van der Waals surface area (Å²) in [6.45, 7) is 8.79. The van der Waals surface area contributed by atoms with Gasteiger partial charge in [-0.25, -0.2) is 0 Å². The monoisotopic (exact) mass is 331 g/mol. The molecule has 132 valence electrons. The third-order valence-corrected chi connectivity index (χ3v) is 4.84. The van der Waals surface area contributed by atoms with Gasteiger partial charge in [0, 0.05) is 51.6 Å². The van der Waals surface area contributed by atoms with Crippen LogP contribution in [-0.2, 0) is 9.59 Å². The molecule has 24 heavy (non-hydrogen) atoms. The third-order valence-electron chi connectivity index (χ3n) is 4.84. The van der Waals surface area contributed by atoms with E-state index in [2.05, 4.69) is 41.4 Å². The van der Waals surface area contributed by atoms with Crippen molar-refractivity contribution < 1.29 is 9.59 Å². The lowest BCUT2D eigenvalue weighted by Gasteiger charge is -2.30. The van der Waals surface area contributed by atoms with Crippen LogP contribution in [0.25, 0.3) is 0 Å². The molecular formula is C19H29N3O2. The van der Waals surface area contributed by atoms with Gasteiger partial charge in [0.25, 0.3) is 0 Å². The maximum atomic E-state index is 12.4. The molecule has 5 nitrogen and oxygen atoms in total. The van der Waals surface area contributed by atoms with Gasteiger partial charge in [0.1, 0.15) is 0 Å². The molecule has 1 N–H and O–H groups in total. The van der Waals surface area contributed by atoms with Gasteiger partial charge in [-0.2, -0.15) is 0 Å². The predicted molar refractivity (Wildman–Crippen MR) is 95.5 cm³/mol. The van der Waals surface area contributed by atoms with E-state index in [0.29, 0.717) is 19.0 Å². The highest BCUT2D eigenvalue weighted by Gasteiger charge is 2.31. The second-order valence-corrected chi connectivity index (χ2v) is 6.44. The molecule has 5 heteroatoms. The van der Waals surface area contributed by atoms with Gasteiger partial charge in [-0.3, -0.25) is 14.5 Å². The molecule has 0 aliphatic carbocycles. The maximum absolute atomic E-state index is 12.4. The molecule has 0 spiro atoms. The van der Waals surface area contributed by atoms with Crippen molar-refractivity contribution in [2.75, 3.05) is 26.2 Å². The SMILES string of the molecule is CCN(C(=O)CCNC(C)=O)[C@H]1CCN([C@@H](C)c2ccccc2)C1. The number of hydrogen-bond acceptors (Lipinski definition) is 3.